The van der Waals surface area contributed by atoms with Crippen LogP contribution in [0.25, 0.3) is 0 Å². The molecule has 1 aromatic heterocycles. The molecule has 104 valence electrons. The smallest absolute Gasteiger partial charge is 0.128 e. The van der Waals surface area contributed by atoms with Crippen LogP contribution in [-0.2, 0) is 19.3 Å². The largest absolute Gasteiger partial charge is 0.370 e. The van der Waals surface area contributed by atoms with Gasteiger partial charge in [-0.3, -0.25) is 0 Å². The first-order valence-corrected chi connectivity index (χ1v) is 7.98. The summed E-state index contributed by atoms with van der Waals surface area (Å²) in [4.78, 5) is 4.41. The molecule has 1 aliphatic rings. The molecule has 3 heteroatoms. The lowest BCUT2D eigenvalue weighted by Gasteiger charge is -2.09. The molecule has 0 aliphatic heterocycles. The Hall–Kier alpha value is -1.35. The summed E-state index contributed by atoms with van der Waals surface area (Å²) in [6.45, 7) is 3.00. The molecule has 0 saturated heterocycles. The minimum absolute atomic E-state index is 0.925. The summed E-state index contributed by atoms with van der Waals surface area (Å²) < 4.78 is 1.03. The Morgan fingerprint density at radius 3 is 2.90 bits per heavy atom. The van der Waals surface area contributed by atoms with Gasteiger partial charge in [0.2, 0.25) is 0 Å². The first kappa shape index (κ1) is 13.6. The van der Waals surface area contributed by atoms with Gasteiger partial charge in [0, 0.05) is 17.2 Å². The van der Waals surface area contributed by atoms with Gasteiger partial charge in [-0.25, -0.2) is 4.98 Å². The van der Waals surface area contributed by atoms with Crippen LogP contribution < -0.4 is 5.32 Å². The van der Waals surface area contributed by atoms with Crippen molar-refractivity contribution in [3.05, 3.63) is 57.2 Å². The second-order valence-corrected chi connectivity index (χ2v) is 6.37. The van der Waals surface area contributed by atoms with Gasteiger partial charge >= 0.3 is 0 Å². The van der Waals surface area contributed by atoms with Crippen LogP contribution in [0.5, 0.6) is 0 Å². The molecule has 0 radical (unpaired) electrons. The van der Waals surface area contributed by atoms with Crippen LogP contribution in [-0.4, -0.2) is 11.5 Å². The van der Waals surface area contributed by atoms with Gasteiger partial charge < -0.3 is 5.32 Å². The molecule has 0 atom stereocenters. The van der Waals surface area contributed by atoms with Crippen LogP contribution in [0.4, 0.5) is 5.82 Å². The Morgan fingerprint density at radius 1 is 1.20 bits per heavy atom. The van der Waals surface area contributed by atoms with Crippen molar-refractivity contribution in [3.63, 3.8) is 0 Å². The fraction of sp³-hybridized carbons (Fsp3) is 0.353. The molecule has 0 amide bonds. The number of aryl methyl sites for hydroxylation is 3. The third kappa shape index (κ3) is 3.04. The van der Waals surface area contributed by atoms with E-state index in [4.69, 9.17) is 0 Å². The van der Waals surface area contributed by atoms with Crippen LogP contribution in [0.3, 0.4) is 0 Å². The summed E-state index contributed by atoms with van der Waals surface area (Å²) in [7, 11) is 0. The monoisotopic (exact) mass is 330 g/mol. The third-order valence-corrected chi connectivity index (χ3v) is 4.35. The molecule has 1 aliphatic carbocycles. The van der Waals surface area contributed by atoms with Gasteiger partial charge in [0.15, 0.2) is 0 Å². The summed E-state index contributed by atoms with van der Waals surface area (Å²) >= 11 is 3.44. The molecule has 2 aromatic rings. The molecule has 1 N–H and O–H groups in total. The van der Waals surface area contributed by atoms with E-state index in [9.17, 15) is 0 Å². The van der Waals surface area contributed by atoms with Crippen LogP contribution >= 0.6 is 15.9 Å². The molecule has 20 heavy (non-hydrogen) atoms. The number of hydrogen-bond donors (Lipinski definition) is 1. The number of aromatic nitrogens is 1. The SMILES string of the molecule is Cc1cc(Br)cnc1NCCc1ccc2c(c1)CCC2. The first-order valence-electron chi connectivity index (χ1n) is 7.19. The van der Waals surface area contributed by atoms with Crippen molar-refractivity contribution in [3.8, 4) is 0 Å². The number of anilines is 1. The van der Waals surface area contributed by atoms with E-state index in [1.54, 1.807) is 11.1 Å². The Labute approximate surface area is 128 Å². The molecular formula is C17H19BrN2. The molecule has 0 fully saturated rings. The lowest BCUT2D eigenvalue weighted by molar-refractivity contribution is 0.911. The minimum Gasteiger partial charge on any atom is -0.370 e. The second kappa shape index (κ2) is 5.96. The molecule has 0 saturated carbocycles. The lowest BCUT2D eigenvalue weighted by Crippen LogP contribution is -2.07. The molecular weight excluding hydrogens is 312 g/mol. The average Bonchev–Trinajstić information content (AvgIpc) is 2.89. The van der Waals surface area contributed by atoms with Crippen LogP contribution in [0.1, 0.15) is 28.7 Å². The second-order valence-electron chi connectivity index (χ2n) is 5.45. The predicted molar refractivity (Wildman–Crippen MR) is 87.3 cm³/mol. The zero-order chi connectivity index (χ0) is 13.9. The van der Waals surface area contributed by atoms with E-state index in [1.807, 2.05) is 6.20 Å². The third-order valence-electron chi connectivity index (χ3n) is 3.91. The van der Waals surface area contributed by atoms with Gasteiger partial charge in [-0.15, -0.1) is 0 Å². The van der Waals surface area contributed by atoms with E-state index in [1.165, 1.54) is 30.4 Å². The first-order chi connectivity index (χ1) is 9.72. The molecule has 0 unspecified atom stereocenters. The van der Waals surface area contributed by atoms with E-state index >= 15 is 0 Å². The zero-order valence-electron chi connectivity index (χ0n) is 11.7. The van der Waals surface area contributed by atoms with Crippen LogP contribution in [0, 0.1) is 6.92 Å². The minimum atomic E-state index is 0.925. The fourth-order valence-electron chi connectivity index (χ4n) is 2.83. The van der Waals surface area contributed by atoms with E-state index in [0.29, 0.717) is 0 Å². The van der Waals surface area contributed by atoms with Gasteiger partial charge in [-0.2, -0.15) is 0 Å². The van der Waals surface area contributed by atoms with Gasteiger partial charge in [-0.1, -0.05) is 18.2 Å². The van der Waals surface area contributed by atoms with E-state index in [0.717, 1.165) is 23.3 Å². The van der Waals surface area contributed by atoms with Gasteiger partial charge in [0.1, 0.15) is 5.82 Å². The van der Waals surface area contributed by atoms with Crippen molar-refractivity contribution in [2.75, 3.05) is 11.9 Å². The van der Waals surface area contributed by atoms with Crippen molar-refractivity contribution in [2.24, 2.45) is 0 Å². The van der Waals surface area contributed by atoms with Crippen LogP contribution in [0.15, 0.2) is 34.9 Å². The molecule has 0 spiro atoms. The van der Waals surface area contributed by atoms with Gasteiger partial charge in [0.05, 0.1) is 0 Å². The molecule has 1 aromatic carbocycles. The number of pyridine rings is 1. The fourth-order valence-corrected chi connectivity index (χ4v) is 3.28. The number of nitrogens with zero attached hydrogens (tertiary/aromatic N) is 1. The van der Waals surface area contributed by atoms with E-state index in [2.05, 4.69) is 57.4 Å². The number of hydrogen-bond acceptors (Lipinski definition) is 2. The summed E-state index contributed by atoms with van der Waals surface area (Å²) in [5, 5.41) is 3.42. The Kier molecular flexibility index (Phi) is 4.06. The lowest BCUT2D eigenvalue weighted by atomic mass is 10.0. The maximum atomic E-state index is 4.41. The molecule has 1 heterocycles. The van der Waals surface area contributed by atoms with E-state index in [-0.39, 0.29) is 0 Å². The Bertz CT molecular complexity index is 622. The van der Waals surface area contributed by atoms with Crippen molar-refractivity contribution in [1.82, 2.24) is 4.98 Å². The normalized spacial score (nSPS) is 13.3. The van der Waals surface area contributed by atoms with Gasteiger partial charge in [-0.05, 0) is 76.9 Å². The van der Waals surface area contributed by atoms with Crippen molar-refractivity contribution in [2.45, 2.75) is 32.6 Å². The highest BCUT2D eigenvalue weighted by molar-refractivity contribution is 9.10. The maximum absolute atomic E-state index is 4.41. The van der Waals surface area contributed by atoms with Crippen LogP contribution in [0.2, 0.25) is 0 Å². The van der Waals surface area contributed by atoms with Crippen molar-refractivity contribution < 1.29 is 0 Å². The van der Waals surface area contributed by atoms with E-state index < -0.39 is 0 Å². The van der Waals surface area contributed by atoms with Crippen molar-refractivity contribution in [1.29, 1.82) is 0 Å². The molecule has 2 nitrogen and oxygen atoms in total. The quantitative estimate of drug-likeness (QED) is 0.904. The average molecular weight is 331 g/mol. The number of fused-ring (bicyclic) bond motifs is 1. The highest BCUT2D eigenvalue weighted by Gasteiger charge is 2.10. The molecule has 3 rings (SSSR count). The summed E-state index contributed by atoms with van der Waals surface area (Å²) in [5.74, 6) is 0.981. The highest BCUT2D eigenvalue weighted by Crippen LogP contribution is 2.23. The summed E-state index contributed by atoms with van der Waals surface area (Å²) in [6.07, 6.45) is 6.72. The molecule has 0 bridgehead atoms. The number of halogens is 1. The van der Waals surface area contributed by atoms with Gasteiger partial charge in [0.25, 0.3) is 0 Å². The zero-order valence-corrected chi connectivity index (χ0v) is 13.3. The maximum Gasteiger partial charge on any atom is 0.128 e. The summed E-state index contributed by atoms with van der Waals surface area (Å²) in [6, 6.07) is 9.05. The number of benzene rings is 1. The predicted octanol–water partition coefficient (Wildman–Crippen LogP) is 4.30. The summed E-state index contributed by atoms with van der Waals surface area (Å²) in [5.41, 5.74) is 5.70. The van der Waals surface area contributed by atoms with Crippen molar-refractivity contribution >= 4 is 21.7 Å². The topological polar surface area (TPSA) is 24.9 Å². The Morgan fingerprint density at radius 2 is 2.05 bits per heavy atom. The highest BCUT2D eigenvalue weighted by atomic mass is 79.9. The number of rotatable bonds is 4. The number of nitrogens with one attached hydrogen (secondary N) is 1. The Balaban J connectivity index is 1.60. The standard InChI is InChI=1S/C17H19BrN2/c1-12-9-16(18)11-20-17(12)19-8-7-13-5-6-14-3-2-4-15(14)10-13/h5-6,9-11H,2-4,7-8H2,1H3,(H,19,20).